The van der Waals surface area contributed by atoms with Crippen molar-refractivity contribution < 1.29 is 9.59 Å². The molecular weight excluding hydrogens is 300 g/mol. The number of nitrogens with zero attached hydrogens (tertiary/aromatic N) is 3. The second-order valence-electron chi connectivity index (χ2n) is 5.75. The Labute approximate surface area is 132 Å². The molecule has 3 rings (SSSR count). The summed E-state index contributed by atoms with van der Waals surface area (Å²) in [6, 6.07) is 5.65. The lowest BCUT2D eigenvalue weighted by molar-refractivity contribution is -0.130. The fourth-order valence-corrected chi connectivity index (χ4v) is 3.32. The highest BCUT2D eigenvalue weighted by atomic mass is 32.2. The van der Waals surface area contributed by atoms with Crippen LogP contribution in [0.2, 0.25) is 0 Å². The molecule has 0 aromatic carbocycles. The van der Waals surface area contributed by atoms with E-state index in [-0.39, 0.29) is 11.9 Å². The van der Waals surface area contributed by atoms with Crippen LogP contribution in [0.5, 0.6) is 0 Å². The highest BCUT2D eigenvalue weighted by Crippen LogP contribution is 2.21. The van der Waals surface area contributed by atoms with Crippen LogP contribution in [-0.2, 0) is 4.79 Å². The van der Waals surface area contributed by atoms with Gasteiger partial charge in [0.1, 0.15) is 5.54 Å². The van der Waals surface area contributed by atoms with Crippen LogP contribution in [0.25, 0.3) is 5.52 Å². The number of thioether (sulfide) groups is 1. The van der Waals surface area contributed by atoms with E-state index in [9.17, 15) is 9.59 Å². The molecule has 1 saturated heterocycles. The first-order valence-electron chi connectivity index (χ1n) is 7.18. The summed E-state index contributed by atoms with van der Waals surface area (Å²) in [5.41, 5.74) is 0.268. The number of pyridine rings is 1. The number of urea groups is 1. The Morgan fingerprint density at radius 2 is 2.14 bits per heavy atom. The second kappa shape index (κ2) is 5.64. The van der Waals surface area contributed by atoms with Gasteiger partial charge in [-0.15, -0.1) is 0 Å². The molecule has 0 atom stereocenters. The van der Waals surface area contributed by atoms with Crippen molar-refractivity contribution in [1.29, 1.82) is 0 Å². The second-order valence-corrected chi connectivity index (χ2v) is 6.81. The molecule has 1 N–H and O–H groups in total. The fraction of sp³-hybridized carbons (Fsp3) is 0.400. The molecule has 2 aromatic heterocycles. The van der Waals surface area contributed by atoms with Crippen LogP contribution in [0.1, 0.15) is 20.3 Å². The fourth-order valence-electron chi connectivity index (χ4n) is 2.43. The molecule has 0 aliphatic carbocycles. The van der Waals surface area contributed by atoms with E-state index in [4.69, 9.17) is 0 Å². The van der Waals surface area contributed by atoms with E-state index >= 15 is 0 Å². The van der Waals surface area contributed by atoms with Gasteiger partial charge in [0.05, 0.1) is 11.7 Å². The van der Waals surface area contributed by atoms with Crippen LogP contribution in [0.3, 0.4) is 0 Å². The van der Waals surface area contributed by atoms with Gasteiger partial charge in [-0.3, -0.25) is 14.1 Å². The maximum Gasteiger partial charge on any atom is 0.325 e. The SMILES string of the molecule is CC1(C)NC(=O)N(CCCSc2ncc3ccccn23)C1=O. The van der Waals surface area contributed by atoms with E-state index in [1.54, 1.807) is 25.6 Å². The van der Waals surface area contributed by atoms with E-state index in [0.717, 1.165) is 22.8 Å². The van der Waals surface area contributed by atoms with E-state index in [1.807, 2.05) is 35.0 Å². The van der Waals surface area contributed by atoms with Gasteiger partial charge in [0, 0.05) is 18.5 Å². The number of hydrogen-bond acceptors (Lipinski definition) is 4. The number of rotatable bonds is 5. The van der Waals surface area contributed by atoms with Crippen molar-refractivity contribution in [3.63, 3.8) is 0 Å². The van der Waals surface area contributed by atoms with Crippen molar-refractivity contribution >= 4 is 29.2 Å². The summed E-state index contributed by atoms with van der Waals surface area (Å²) < 4.78 is 2.03. The van der Waals surface area contributed by atoms with Crippen molar-refractivity contribution in [3.8, 4) is 0 Å². The Hall–Kier alpha value is -2.02. The van der Waals surface area contributed by atoms with Crippen molar-refractivity contribution in [1.82, 2.24) is 19.6 Å². The minimum Gasteiger partial charge on any atom is -0.324 e. The summed E-state index contributed by atoms with van der Waals surface area (Å²) >= 11 is 1.62. The van der Waals surface area contributed by atoms with Gasteiger partial charge in [0.25, 0.3) is 5.91 Å². The molecule has 2 aromatic rings. The molecule has 1 fully saturated rings. The third kappa shape index (κ3) is 2.68. The maximum absolute atomic E-state index is 12.1. The molecule has 6 nitrogen and oxygen atoms in total. The normalized spacial score (nSPS) is 17.3. The number of fused-ring (bicyclic) bond motifs is 1. The van der Waals surface area contributed by atoms with Crippen LogP contribution in [0.4, 0.5) is 4.79 Å². The number of amides is 3. The zero-order valence-corrected chi connectivity index (χ0v) is 13.4. The lowest BCUT2D eigenvalue weighted by atomic mass is 10.1. The summed E-state index contributed by atoms with van der Waals surface area (Å²) in [7, 11) is 0. The summed E-state index contributed by atoms with van der Waals surface area (Å²) in [5.74, 6) is 0.639. The van der Waals surface area contributed by atoms with Crippen LogP contribution in [0.15, 0.2) is 35.7 Å². The highest BCUT2D eigenvalue weighted by molar-refractivity contribution is 7.99. The molecule has 0 spiro atoms. The van der Waals surface area contributed by atoms with Gasteiger partial charge in [-0.2, -0.15) is 0 Å². The zero-order valence-electron chi connectivity index (χ0n) is 12.6. The standard InChI is InChI=1S/C15H18N4O2S/c1-15(2)12(20)19(13(21)17-15)8-5-9-22-14-16-10-11-6-3-4-7-18(11)14/h3-4,6-7,10H,5,8-9H2,1-2H3,(H,17,21). The summed E-state index contributed by atoms with van der Waals surface area (Å²) in [6.45, 7) is 3.88. The van der Waals surface area contributed by atoms with Gasteiger partial charge < -0.3 is 5.32 Å². The molecule has 1 aliphatic rings. The van der Waals surface area contributed by atoms with E-state index in [0.29, 0.717) is 6.54 Å². The van der Waals surface area contributed by atoms with Gasteiger partial charge in [0.2, 0.25) is 0 Å². The molecule has 0 bridgehead atoms. The third-order valence-electron chi connectivity index (χ3n) is 3.61. The molecule has 22 heavy (non-hydrogen) atoms. The molecule has 0 radical (unpaired) electrons. The lowest BCUT2D eigenvalue weighted by Gasteiger charge is -2.15. The third-order valence-corrected chi connectivity index (χ3v) is 4.66. The van der Waals surface area contributed by atoms with Crippen LogP contribution < -0.4 is 5.32 Å². The number of aromatic nitrogens is 2. The predicted octanol–water partition coefficient (Wildman–Crippen LogP) is 2.15. The van der Waals surface area contributed by atoms with Crippen molar-refractivity contribution in [3.05, 3.63) is 30.6 Å². The molecular formula is C15H18N4O2S. The Morgan fingerprint density at radius 3 is 2.86 bits per heavy atom. The van der Waals surface area contributed by atoms with E-state index in [1.165, 1.54) is 4.90 Å². The first-order valence-corrected chi connectivity index (χ1v) is 8.16. The largest absolute Gasteiger partial charge is 0.325 e. The van der Waals surface area contributed by atoms with Crippen LogP contribution in [-0.4, -0.2) is 44.1 Å². The highest BCUT2D eigenvalue weighted by Gasteiger charge is 2.43. The Kier molecular flexibility index (Phi) is 3.82. The summed E-state index contributed by atoms with van der Waals surface area (Å²) in [6.07, 6.45) is 4.55. The van der Waals surface area contributed by atoms with E-state index < -0.39 is 5.54 Å². The van der Waals surface area contributed by atoms with Crippen molar-refractivity contribution in [2.45, 2.75) is 31.0 Å². The monoisotopic (exact) mass is 318 g/mol. The smallest absolute Gasteiger partial charge is 0.324 e. The molecule has 116 valence electrons. The number of hydrogen-bond donors (Lipinski definition) is 1. The van der Waals surface area contributed by atoms with Gasteiger partial charge >= 0.3 is 6.03 Å². The maximum atomic E-state index is 12.1. The van der Waals surface area contributed by atoms with Crippen LogP contribution >= 0.6 is 11.8 Å². The summed E-state index contributed by atoms with van der Waals surface area (Å²) in [5, 5.41) is 3.61. The molecule has 0 saturated carbocycles. The number of carbonyl (C=O) groups is 2. The first-order chi connectivity index (χ1) is 10.5. The number of imidazole rings is 1. The first kappa shape index (κ1) is 14.9. The predicted molar refractivity (Wildman–Crippen MR) is 84.9 cm³/mol. The average Bonchev–Trinajstić information content (AvgIpc) is 2.97. The Bertz CT molecular complexity index is 725. The molecule has 1 aliphatic heterocycles. The van der Waals surface area contributed by atoms with Crippen molar-refractivity contribution in [2.75, 3.05) is 12.3 Å². The van der Waals surface area contributed by atoms with Crippen molar-refractivity contribution in [2.24, 2.45) is 0 Å². The molecule has 3 amide bonds. The van der Waals surface area contributed by atoms with Crippen LogP contribution in [0, 0.1) is 0 Å². The minimum atomic E-state index is -0.788. The minimum absolute atomic E-state index is 0.159. The Balaban J connectivity index is 1.54. The van der Waals surface area contributed by atoms with Gasteiger partial charge in [-0.1, -0.05) is 17.8 Å². The lowest BCUT2D eigenvalue weighted by Crippen LogP contribution is -2.40. The quantitative estimate of drug-likeness (QED) is 0.521. The number of imide groups is 1. The average molecular weight is 318 g/mol. The topological polar surface area (TPSA) is 66.7 Å². The molecule has 3 heterocycles. The molecule has 7 heteroatoms. The zero-order chi connectivity index (χ0) is 15.7. The number of nitrogens with one attached hydrogen (secondary N) is 1. The Morgan fingerprint density at radius 1 is 1.32 bits per heavy atom. The van der Waals surface area contributed by atoms with Gasteiger partial charge in [-0.05, 0) is 32.4 Å². The molecule has 0 unspecified atom stereocenters. The van der Waals surface area contributed by atoms with E-state index in [2.05, 4.69) is 10.3 Å². The van der Waals surface area contributed by atoms with Gasteiger partial charge in [-0.25, -0.2) is 9.78 Å². The summed E-state index contributed by atoms with van der Waals surface area (Å²) in [4.78, 5) is 29.5. The number of carbonyl (C=O) groups excluding carboxylic acids is 2. The van der Waals surface area contributed by atoms with Gasteiger partial charge in [0.15, 0.2) is 5.16 Å².